The SMILES string of the molecule is CCn1c2ccccc2c2cc(/C=c3\s/c(=C\C(=O)C(C)(C)C)[nH]c3=O)ccc21. The van der Waals surface area contributed by atoms with E-state index in [0.717, 1.165) is 12.1 Å². The number of nitrogens with one attached hydrogen (secondary N) is 1. The maximum atomic E-state index is 12.4. The molecule has 0 fully saturated rings. The van der Waals surface area contributed by atoms with Crippen molar-refractivity contribution in [3.05, 3.63) is 67.6 Å². The van der Waals surface area contributed by atoms with Crippen LogP contribution in [0.2, 0.25) is 0 Å². The Hall–Kier alpha value is -2.92. The number of fused-ring (bicyclic) bond motifs is 3. The number of aryl methyl sites for hydroxylation is 1. The number of aromatic amines is 1. The number of thiazole rings is 1. The number of carbonyl (C=O) groups excluding carboxylic acids is 1. The third kappa shape index (κ3) is 3.58. The van der Waals surface area contributed by atoms with Gasteiger partial charge >= 0.3 is 0 Å². The number of hydrogen-bond acceptors (Lipinski definition) is 3. The van der Waals surface area contributed by atoms with Gasteiger partial charge in [0.25, 0.3) is 5.56 Å². The summed E-state index contributed by atoms with van der Waals surface area (Å²) in [7, 11) is 0. The standard InChI is InChI=1S/C24H24N2O2S/c1-5-26-18-9-7-6-8-16(18)17-12-15(10-11-19(17)26)13-20-23(28)25-22(29-20)14-21(27)24(2,3)4/h6-14H,5H2,1-4H3,(H,25,28)/b20-13-,22-14-. The Balaban J connectivity index is 1.86. The smallest absolute Gasteiger partial charge is 0.266 e. The highest BCUT2D eigenvalue weighted by molar-refractivity contribution is 7.07. The predicted molar refractivity (Wildman–Crippen MR) is 122 cm³/mol. The molecule has 0 aliphatic carbocycles. The first-order valence-electron chi connectivity index (χ1n) is 9.76. The summed E-state index contributed by atoms with van der Waals surface area (Å²) in [6, 6.07) is 14.7. The summed E-state index contributed by atoms with van der Waals surface area (Å²) in [6.07, 6.45) is 3.42. The van der Waals surface area contributed by atoms with Crippen LogP contribution in [-0.4, -0.2) is 15.3 Å². The number of aromatic nitrogens is 2. The van der Waals surface area contributed by atoms with Crippen LogP contribution in [-0.2, 0) is 11.3 Å². The molecule has 2 aromatic carbocycles. The fraction of sp³-hybridized carbons (Fsp3) is 0.250. The first-order valence-corrected chi connectivity index (χ1v) is 10.6. The van der Waals surface area contributed by atoms with Crippen molar-refractivity contribution in [3.8, 4) is 0 Å². The Kier molecular flexibility index (Phi) is 4.79. The summed E-state index contributed by atoms with van der Waals surface area (Å²) in [5.74, 6) is -0.00431. The van der Waals surface area contributed by atoms with E-state index in [4.69, 9.17) is 0 Å². The van der Waals surface area contributed by atoms with Gasteiger partial charge in [0.15, 0.2) is 5.78 Å². The third-order valence-corrected chi connectivity index (χ3v) is 6.06. The van der Waals surface area contributed by atoms with Gasteiger partial charge in [-0.3, -0.25) is 9.59 Å². The summed E-state index contributed by atoms with van der Waals surface area (Å²) >= 11 is 1.31. The molecule has 0 saturated heterocycles. The number of para-hydroxylation sites is 1. The molecule has 0 bridgehead atoms. The molecule has 0 unspecified atom stereocenters. The van der Waals surface area contributed by atoms with Crippen molar-refractivity contribution in [2.45, 2.75) is 34.2 Å². The highest BCUT2D eigenvalue weighted by atomic mass is 32.1. The molecule has 0 aliphatic heterocycles. The zero-order valence-corrected chi connectivity index (χ0v) is 17.9. The molecule has 148 valence electrons. The van der Waals surface area contributed by atoms with Crippen molar-refractivity contribution in [2.75, 3.05) is 0 Å². The van der Waals surface area contributed by atoms with E-state index < -0.39 is 5.41 Å². The average molecular weight is 405 g/mol. The van der Waals surface area contributed by atoms with Gasteiger partial charge in [0.05, 0.1) is 9.20 Å². The summed E-state index contributed by atoms with van der Waals surface area (Å²) in [4.78, 5) is 27.4. The highest BCUT2D eigenvalue weighted by Gasteiger charge is 2.18. The Labute approximate surface area is 172 Å². The molecule has 0 atom stereocenters. The minimum absolute atomic E-state index is 0.00431. The van der Waals surface area contributed by atoms with E-state index in [1.807, 2.05) is 32.9 Å². The maximum Gasteiger partial charge on any atom is 0.266 e. The van der Waals surface area contributed by atoms with E-state index in [9.17, 15) is 9.59 Å². The van der Waals surface area contributed by atoms with Crippen molar-refractivity contribution in [1.82, 2.24) is 9.55 Å². The van der Waals surface area contributed by atoms with Crippen LogP contribution < -0.4 is 14.8 Å². The lowest BCUT2D eigenvalue weighted by Gasteiger charge is -2.12. The lowest BCUT2D eigenvalue weighted by atomic mass is 9.91. The van der Waals surface area contributed by atoms with Crippen molar-refractivity contribution in [3.63, 3.8) is 0 Å². The van der Waals surface area contributed by atoms with Gasteiger partial charge in [0, 0.05) is 39.8 Å². The molecule has 0 spiro atoms. The second kappa shape index (κ2) is 7.16. The molecule has 5 heteroatoms. The van der Waals surface area contributed by atoms with Crippen molar-refractivity contribution < 1.29 is 4.79 Å². The second-order valence-electron chi connectivity index (χ2n) is 8.23. The van der Waals surface area contributed by atoms with Gasteiger partial charge in [-0.2, -0.15) is 0 Å². The fourth-order valence-corrected chi connectivity index (χ4v) is 4.40. The quantitative estimate of drug-likeness (QED) is 0.565. The summed E-state index contributed by atoms with van der Waals surface area (Å²) < 4.78 is 3.48. The van der Waals surface area contributed by atoms with Gasteiger partial charge in [-0.25, -0.2) is 0 Å². The molecule has 4 nitrogen and oxygen atoms in total. The predicted octanol–water partition coefficient (Wildman–Crippen LogP) is 3.79. The van der Waals surface area contributed by atoms with E-state index in [-0.39, 0.29) is 11.3 Å². The van der Waals surface area contributed by atoms with Gasteiger partial charge < -0.3 is 9.55 Å². The minimum atomic E-state index is -0.469. The Morgan fingerprint density at radius 3 is 2.55 bits per heavy atom. The van der Waals surface area contributed by atoms with Gasteiger partial charge in [-0.15, -0.1) is 11.3 Å². The average Bonchev–Trinajstić information content (AvgIpc) is 3.18. The monoisotopic (exact) mass is 404 g/mol. The second-order valence-corrected chi connectivity index (χ2v) is 9.31. The molecule has 2 aromatic heterocycles. The topological polar surface area (TPSA) is 54.9 Å². The van der Waals surface area contributed by atoms with E-state index in [0.29, 0.717) is 9.20 Å². The van der Waals surface area contributed by atoms with Crippen molar-refractivity contribution >= 4 is 51.1 Å². The molecule has 29 heavy (non-hydrogen) atoms. The van der Waals surface area contributed by atoms with E-state index >= 15 is 0 Å². The van der Waals surface area contributed by atoms with Crippen LogP contribution in [0.25, 0.3) is 34.0 Å². The number of H-pyrrole nitrogens is 1. The lowest BCUT2D eigenvalue weighted by Crippen LogP contribution is -2.22. The number of nitrogens with zero attached hydrogens (tertiary/aromatic N) is 1. The fourth-order valence-electron chi connectivity index (χ4n) is 3.51. The van der Waals surface area contributed by atoms with Crippen LogP contribution in [0.15, 0.2) is 47.3 Å². The first-order chi connectivity index (χ1) is 13.8. The molecule has 0 amide bonds. The number of ketones is 1. The Bertz CT molecular complexity index is 1410. The van der Waals surface area contributed by atoms with E-state index in [1.54, 1.807) is 0 Å². The zero-order chi connectivity index (χ0) is 20.8. The third-order valence-electron chi connectivity index (χ3n) is 5.09. The summed E-state index contributed by atoms with van der Waals surface area (Å²) in [5, 5.41) is 2.39. The molecule has 4 rings (SSSR count). The summed E-state index contributed by atoms with van der Waals surface area (Å²) in [6.45, 7) is 8.65. The number of Topliss-reactive ketones (excluding diaryl/α,β-unsaturated/α-hetero) is 1. The molecular weight excluding hydrogens is 380 g/mol. The Morgan fingerprint density at radius 1 is 1.10 bits per heavy atom. The molecule has 2 heterocycles. The van der Waals surface area contributed by atoms with Gasteiger partial charge in [0.1, 0.15) is 0 Å². The van der Waals surface area contributed by atoms with Crippen LogP contribution in [0, 0.1) is 5.41 Å². The number of carbonyl (C=O) groups is 1. The minimum Gasteiger partial charge on any atom is -0.341 e. The van der Waals surface area contributed by atoms with Crippen LogP contribution in [0.1, 0.15) is 33.3 Å². The molecule has 0 radical (unpaired) electrons. The molecule has 0 aliphatic rings. The van der Waals surface area contributed by atoms with Crippen molar-refractivity contribution in [1.29, 1.82) is 0 Å². The Morgan fingerprint density at radius 2 is 1.83 bits per heavy atom. The highest BCUT2D eigenvalue weighted by Crippen LogP contribution is 2.29. The van der Waals surface area contributed by atoms with Crippen LogP contribution in [0.5, 0.6) is 0 Å². The number of benzene rings is 2. The maximum absolute atomic E-state index is 12.4. The van der Waals surface area contributed by atoms with Crippen LogP contribution >= 0.6 is 11.3 Å². The number of rotatable bonds is 3. The lowest BCUT2D eigenvalue weighted by molar-refractivity contribution is -0.119. The number of hydrogen-bond donors (Lipinski definition) is 1. The molecule has 4 aromatic rings. The first kappa shape index (κ1) is 19.4. The van der Waals surface area contributed by atoms with Gasteiger partial charge in [-0.1, -0.05) is 45.0 Å². The van der Waals surface area contributed by atoms with E-state index in [1.165, 1.54) is 39.2 Å². The largest absolute Gasteiger partial charge is 0.341 e. The van der Waals surface area contributed by atoms with Crippen molar-refractivity contribution in [2.24, 2.45) is 5.41 Å². The normalized spacial score (nSPS) is 13.7. The summed E-state index contributed by atoms with van der Waals surface area (Å²) in [5.41, 5.74) is 2.74. The van der Waals surface area contributed by atoms with Gasteiger partial charge in [0.2, 0.25) is 0 Å². The molecule has 1 N–H and O–H groups in total. The van der Waals surface area contributed by atoms with Gasteiger partial charge in [-0.05, 0) is 36.8 Å². The van der Waals surface area contributed by atoms with Crippen LogP contribution in [0.3, 0.4) is 0 Å². The van der Waals surface area contributed by atoms with E-state index in [2.05, 4.69) is 52.9 Å². The zero-order valence-electron chi connectivity index (χ0n) is 17.1. The van der Waals surface area contributed by atoms with Crippen LogP contribution in [0.4, 0.5) is 0 Å². The molecular formula is C24H24N2O2S. The molecule has 0 saturated carbocycles.